The molecule has 2 rings (SSSR count). The van der Waals surface area contributed by atoms with E-state index in [1.807, 2.05) is 6.07 Å². The van der Waals surface area contributed by atoms with Gasteiger partial charge in [-0.05, 0) is 31.7 Å². The minimum absolute atomic E-state index is 0.147. The summed E-state index contributed by atoms with van der Waals surface area (Å²) in [5.41, 5.74) is 4.41. The Labute approximate surface area is 102 Å². The number of nitrogens with one attached hydrogen (secondary N) is 1. The van der Waals surface area contributed by atoms with E-state index in [1.54, 1.807) is 12.1 Å². The summed E-state index contributed by atoms with van der Waals surface area (Å²) in [6, 6.07) is 6.93. The number of piperazine rings is 1. The maximum Gasteiger partial charge on any atom is 0.123 e. The fraction of sp³-hybridized carbons (Fsp3) is 0.538. The van der Waals surface area contributed by atoms with Crippen LogP contribution in [0.25, 0.3) is 0 Å². The van der Waals surface area contributed by atoms with Gasteiger partial charge in [-0.25, -0.2) is 14.8 Å². The first-order valence-electron chi connectivity index (χ1n) is 6.10. The molecule has 1 aromatic rings. The van der Waals surface area contributed by atoms with Gasteiger partial charge < -0.3 is 4.90 Å². The van der Waals surface area contributed by atoms with Gasteiger partial charge in [0, 0.05) is 32.2 Å². The van der Waals surface area contributed by atoms with Gasteiger partial charge in [0.2, 0.25) is 0 Å². The molecule has 0 saturated carbocycles. The molecule has 3 nitrogen and oxygen atoms in total. The van der Waals surface area contributed by atoms with E-state index in [4.69, 9.17) is 0 Å². The molecule has 0 radical (unpaired) electrons. The van der Waals surface area contributed by atoms with Gasteiger partial charge in [0.1, 0.15) is 5.82 Å². The second-order valence-electron chi connectivity index (χ2n) is 4.70. The number of likely N-dealkylation sites (N-methyl/N-ethyl adjacent to an activating group) is 1. The van der Waals surface area contributed by atoms with Crippen LogP contribution in [0.4, 0.5) is 4.39 Å². The number of hydrogen-bond acceptors (Lipinski definition) is 3. The molecule has 1 heterocycles. The summed E-state index contributed by atoms with van der Waals surface area (Å²) >= 11 is 0. The molecule has 1 aliphatic heterocycles. The van der Waals surface area contributed by atoms with Crippen LogP contribution in [0.2, 0.25) is 0 Å². The molecule has 1 aromatic carbocycles. The number of hydrazine groups is 1. The standard InChI is InChI=1S/C13H20FN3/c1-11(12-4-3-5-13(14)10-12)15-17-8-6-16(2)7-9-17/h3-5,10-11,15H,6-9H2,1-2H3. The van der Waals surface area contributed by atoms with E-state index in [0.29, 0.717) is 0 Å². The SMILES string of the molecule is CC(NN1CCN(C)CC1)c1cccc(F)c1. The molecule has 0 aliphatic carbocycles. The van der Waals surface area contributed by atoms with Crippen molar-refractivity contribution in [1.82, 2.24) is 15.3 Å². The minimum Gasteiger partial charge on any atom is -0.304 e. The predicted molar refractivity (Wildman–Crippen MR) is 67.0 cm³/mol. The van der Waals surface area contributed by atoms with Crippen LogP contribution < -0.4 is 5.43 Å². The fourth-order valence-electron chi connectivity index (χ4n) is 2.06. The number of hydrogen-bond donors (Lipinski definition) is 1. The molecule has 1 unspecified atom stereocenters. The summed E-state index contributed by atoms with van der Waals surface area (Å²) in [5.74, 6) is -0.172. The predicted octanol–water partition coefficient (Wildman–Crippen LogP) is 1.64. The molecule has 0 amide bonds. The fourth-order valence-corrected chi connectivity index (χ4v) is 2.06. The van der Waals surface area contributed by atoms with Crippen molar-refractivity contribution in [2.45, 2.75) is 13.0 Å². The van der Waals surface area contributed by atoms with Crippen molar-refractivity contribution in [3.63, 3.8) is 0 Å². The summed E-state index contributed by atoms with van der Waals surface area (Å²) in [6.45, 7) is 6.23. The zero-order chi connectivity index (χ0) is 12.3. The average molecular weight is 237 g/mol. The van der Waals surface area contributed by atoms with Crippen LogP contribution in [-0.2, 0) is 0 Å². The van der Waals surface area contributed by atoms with Gasteiger partial charge in [-0.1, -0.05) is 12.1 Å². The molecule has 4 heteroatoms. The Balaban J connectivity index is 1.90. The van der Waals surface area contributed by atoms with Crippen molar-refractivity contribution in [1.29, 1.82) is 0 Å². The molecule has 17 heavy (non-hydrogen) atoms. The van der Waals surface area contributed by atoms with Crippen molar-refractivity contribution in [2.75, 3.05) is 33.2 Å². The summed E-state index contributed by atoms with van der Waals surface area (Å²) in [5, 5.41) is 2.22. The normalized spacial score (nSPS) is 20.4. The third-order valence-corrected chi connectivity index (χ3v) is 3.23. The van der Waals surface area contributed by atoms with Crippen molar-refractivity contribution in [2.24, 2.45) is 0 Å². The number of benzene rings is 1. The summed E-state index contributed by atoms with van der Waals surface area (Å²) in [4.78, 5) is 2.31. The Morgan fingerprint density at radius 2 is 1.94 bits per heavy atom. The van der Waals surface area contributed by atoms with Crippen LogP contribution in [-0.4, -0.2) is 43.1 Å². The first-order chi connectivity index (χ1) is 8.15. The van der Waals surface area contributed by atoms with Gasteiger partial charge in [0.25, 0.3) is 0 Å². The smallest absolute Gasteiger partial charge is 0.123 e. The van der Waals surface area contributed by atoms with Gasteiger partial charge in [-0.2, -0.15) is 0 Å². The molecule has 94 valence electrons. The van der Waals surface area contributed by atoms with Crippen LogP contribution in [0.1, 0.15) is 18.5 Å². The number of rotatable bonds is 3. The third kappa shape index (κ3) is 3.49. The number of nitrogens with zero attached hydrogens (tertiary/aromatic N) is 2. The van der Waals surface area contributed by atoms with E-state index in [9.17, 15) is 4.39 Å². The third-order valence-electron chi connectivity index (χ3n) is 3.23. The molecule has 0 spiro atoms. The molecular formula is C13H20FN3. The van der Waals surface area contributed by atoms with Gasteiger partial charge in [0.05, 0.1) is 0 Å². The molecule has 1 fully saturated rings. The molecule has 0 bridgehead atoms. The summed E-state index contributed by atoms with van der Waals surface area (Å²) in [6.07, 6.45) is 0. The lowest BCUT2D eigenvalue weighted by atomic mass is 10.1. The zero-order valence-corrected chi connectivity index (χ0v) is 10.5. The van der Waals surface area contributed by atoms with Crippen molar-refractivity contribution >= 4 is 0 Å². The highest BCUT2D eigenvalue weighted by Gasteiger charge is 2.16. The van der Waals surface area contributed by atoms with Crippen LogP contribution in [0.5, 0.6) is 0 Å². The minimum atomic E-state index is -0.172. The number of halogens is 1. The Kier molecular flexibility index (Phi) is 4.10. The van der Waals surface area contributed by atoms with Crippen LogP contribution in [0.15, 0.2) is 24.3 Å². The Hall–Kier alpha value is -0.970. The van der Waals surface area contributed by atoms with E-state index in [0.717, 1.165) is 31.7 Å². The van der Waals surface area contributed by atoms with E-state index < -0.39 is 0 Å². The van der Waals surface area contributed by atoms with Crippen LogP contribution in [0.3, 0.4) is 0 Å². The maximum absolute atomic E-state index is 13.1. The molecule has 0 aromatic heterocycles. The Bertz CT molecular complexity index is 361. The monoisotopic (exact) mass is 237 g/mol. The van der Waals surface area contributed by atoms with Crippen LogP contribution in [0, 0.1) is 5.82 Å². The lowest BCUT2D eigenvalue weighted by Crippen LogP contribution is -2.51. The highest BCUT2D eigenvalue weighted by atomic mass is 19.1. The van der Waals surface area contributed by atoms with Gasteiger partial charge >= 0.3 is 0 Å². The lowest BCUT2D eigenvalue weighted by molar-refractivity contribution is 0.0898. The Morgan fingerprint density at radius 1 is 1.24 bits per heavy atom. The van der Waals surface area contributed by atoms with Crippen LogP contribution >= 0.6 is 0 Å². The largest absolute Gasteiger partial charge is 0.304 e. The van der Waals surface area contributed by atoms with E-state index >= 15 is 0 Å². The average Bonchev–Trinajstić information content (AvgIpc) is 2.32. The molecule has 1 N–H and O–H groups in total. The van der Waals surface area contributed by atoms with Crippen molar-refractivity contribution in [3.8, 4) is 0 Å². The Morgan fingerprint density at radius 3 is 2.59 bits per heavy atom. The molecule has 1 aliphatic rings. The van der Waals surface area contributed by atoms with Gasteiger partial charge in [-0.3, -0.25) is 0 Å². The zero-order valence-electron chi connectivity index (χ0n) is 10.5. The van der Waals surface area contributed by atoms with E-state index in [2.05, 4.69) is 29.3 Å². The highest BCUT2D eigenvalue weighted by molar-refractivity contribution is 5.19. The van der Waals surface area contributed by atoms with E-state index in [1.165, 1.54) is 6.07 Å². The quantitative estimate of drug-likeness (QED) is 0.862. The van der Waals surface area contributed by atoms with Crippen molar-refractivity contribution in [3.05, 3.63) is 35.6 Å². The second-order valence-corrected chi connectivity index (χ2v) is 4.70. The van der Waals surface area contributed by atoms with Gasteiger partial charge in [0.15, 0.2) is 0 Å². The van der Waals surface area contributed by atoms with Gasteiger partial charge in [-0.15, -0.1) is 0 Å². The lowest BCUT2D eigenvalue weighted by Gasteiger charge is -2.34. The summed E-state index contributed by atoms with van der Waals surface area (Å²) in [7, 11) is 2.13. The molecular weight excluding hydrogens is 217 g/mol. The molecule has 1 saturated heterocycles. The first kappa shape index (κ1) is 12.5. The topological polar surface area (TPSA) is 18.5 Å². The maximum atomic E-state index is 13.1. The second kappa shape index (κ2) is 5.58. The highest BCUT2D eigenvalue weighted by Crippen LogP contribution is 2.14. The van der Waals surface area contributed by atoms with E-state index in [-0.39, 0.29) is 11.9 Å². The first-order valence-corrected chi connectivity index (χ1v) is 6.10. The molecule has 1 atom stereocenters. The van der Waals surface area contributed by atoms with Crippen molar-refractivity contribution < 1.29 is 4.39 Å². The summed E-state index contributed by atoms with van der Waals surface area (Å²) < 4.78 is 13.1.